The Hall–Kier alpha value is -1.36. The summed E-state index contributed by atoms with van der Waals surface area (Å²) >= 11 is 0. The van der Waals surface area contributed by atoms with Crippen LogP contribution >= 0.6 is 0 Å². The normalized spacial score (nSPS) is 17.3. The van der Waals surface area contributed by atoms with E-state index in [1.165, 1.54) is 12.8 Å². The highest BCUT2D eigenvalue weighted by Crippen LogP contribution is 2.48. The number of nitrogen functional groups attached to an aromatic ring is 1. The molecule has 1 aromatic rings. The molecule has 0 aliphatic heterocycles. The van der Waals surface area contributed by atoms with Gasteiger partial charge in [0.1, 0.15) is 17.5 Å². The van der Waals surface area contributed by atoms with E-state index in [9.17, 15) is 0 Å². The number of aliphatic hydroxyl groups is 1. The zero-order valence-electron chi connectivity index (χ0n) is 12.0. The maximum atomic E-state index is 9.06. The molecule has 1 aromatic heterocycles. The molecule has 5 nitrogen and oxygen atoms in total. The smallest absolute Gasteiger partial charge is 0.138 e. The average molecular weight is 264 g/mol. The highest BCUT2D eigenvalue weighted by atomic mass is 16.3. The summed E-state index contributed by atoms with van der Waals surface area (Å²) in [4.78, 5) is 8.82. The van der Waals surface area contributed by atoms with E-state index in [1.807, 2.05) is 0 Å². The van der Waals surface area contributed by atoms with Gasteiger partial charge in [-0.1, -0.05) is 20.8 Å². The molecule has 106 valence electrons. The summed E-state index contributed by atoms with van der Waals surface area (Å²) in [5.74, 6) is 2.03. The van der Waals surface area contributed by atoms with E-state index in [4.69, 9.17) is 10.8 Å². The lowest BCUT2D eigenvalue weighted by molar-refractivity contribution is 0.253. The van der Waals surface area contributed by atoms with Crippen LogP contribution in [0.15, 0.2) is 6.07 Å². The van der Waals surface area contributed by atoms with Gasteiger partial charge in [-0.25, -0.2) is 9.97 Å². The van der Waals surface area contributed by atoms with Crippen molar-refractivity contribution in [3.8, 4) is 0 Å². The van der Waals surface area contributed by atoms with E-state index in [0.717, 1.165) is 24.6 Å². The Bertz CT molecular complexity index is 449. The van der Waals surface area contributed by atoms with Gasteiger partial charge in [0.25, 0.3) is 0 Å². The van der Waals surface area contributed by atoms with Crippen molar-refractivity contribution in [2.45, 2.75) is 45.4 Å². The largest absolute Gasteiger partial charge is 0.396 e. The number of anilines is 2. The number of aromatic nitrogens is 2. The van der Waals surface area contributed by atoms with Crippen molar-refractivity contribution in [1.82, 2.24) is 9.97 Å². The van der Waals surface area contributed by atoms with Gasteiger partial charge in [-0.15, -0.1) is 0 Å². The molecule has 0 bridgehead atoms. The van der Waals surface area contributed by atoms with Crippen LogP contribution in [-0.4, -0.2) is 28.2 Å². The molecule has 2 rings (SSSR count). The lowest BCUT2D eigenvalue weighted by Gasteiger charge is -2.19. The topological polar surface area (TPSA) is 84.1 Å². The Morgan fingerprint density at radius 3 is 2.58 bits per heavy atom. The number of hydrogen-bond donors (Lipinski definition) is 3. The molecule has 1 aliphatic rings. The lowest BCUT2D eigenvalue weighted by atomic mass is 9.96. The third-order valence-corrected chi connectivity index (χ3v) is 3.66. The van der Waals surface area contributed by atoms with Gasteiger partial charge >= 0.3 is 0 Å². The Labute approximate surface area is 114 Å². The third-order valence-electron chi connectivity index (χ3n) is 3.66. The molecule has 0 saturated heterocycles. The number of nitrogens with one attached hydrogen (secondary N) is 1. The fraction of sp³-hybridized carbons (Fsp3) is 0.714. The van der Waals surface area contributed by atoms with E-state index in [2.05, 4.69) is 36.1 Å². The quantitative estimate of drug-likeness (QED) is 0.757. The summed E-state index contributed by atoms with van der Waals surface area (Å²) in [7, 11) is 0. The summed E-state index contributed by atoms with van der Waals surface area (Å²) in [6, 6.07) is 1.77. The minimum absolute atomic E-state index is 0.117. The standard InChI is InChI=1S/C14H24N4O/c1-13(2,3)12-17-10(15)8-11(18-12)16-9-14(4-5-14)6-7-19/h8,19H,4-7,9H2,1-3H3,(H3,15,16,17,18). The minimum atomic E-state index is -0.117. The van der Waals surface area contributed by atoms with Gasteiger partial charge in [0.2, 0.25) is 0 Å². The summed E-state index contributed by atoms with van der Waals surface area (Å²) < 4.78 is 0. The van der Waals surface area contributed by atoms with Crippen molar-refractivity contribution in [3.63, 3.8) is 0 Å². The van der Waals surface area contributed by atoms with Crippen LogP contribution in [0.1, 0.15) is 45.9 Å². The summed E-state index contributed by atoms with van der Waals surface area (Å²) in [6.45, 7) is 7.30. The van der Waals surface area contributed by atoms with E-state index < -0.39 is 0 Å². The first kappa shape index (κ1) is 14.1. The molecule has 0 atom stereocenters. The predicted molar refractivity (Wildman–Crippen MR) is 77.0 cm³/mol. The number of aliphatic hydroxyl groups excluding tert-OH is 1. The van der Waals surface area contributed by atoms with Crippen LogP contribution in [0.3, 0.4) is 0 Å². The molecule has 1 saturated carbocycles. The predicted octanol–water partition coefficient (Wildman–Crippen LogP) is 1.93. The van der Waals surface area contributed by atoms with Crippen LogP contribution in [0, 0.1) is 5.41 Å². The van der Waals surface area contributed by atoms with E-state index in [-0.39, 0.29) is 17.4 Å². The van der Waals surface area contributed by atoms with Gasteiger partial charge in [0.15, 0.2) is 0 Å². The first-order valence-electron chi connectivity index (χ1n) is 6.84. The van der Waals surface area contributed by atoms with Crippen molar-refractivity contribution in [3.05, 3.63) is 11.9 Å². The SMILES string of the molecule is CC(C)(C)c1nc(N)cc(NCC2(CCO)CC2)n1. The maximum absolute atomic E-state index is 9.06. The second-order valence-electron chi connectivity index (χ2n) is 6.58. The summed E-state index contributed by atoms with van der Waals surface area (Å²) in [6.07, 6.45) is 3.20. The van der Waals surface area contributed by atoms with Gasteiger partial charge in [-0.2, -0.15) is 0 Å². The van der Waals surface area contributed by atoms with Crippen LogP contribution in [0.25, 0.3) is 0 Å². The van der Waals surface area contributed by atoms with Crippen LogP contribution in [0.4, 0.5) is 11.6 Å². The molecule has 1 heterocycles. The summed E-state index contributed by atoms with van der Waals surface area (Å²) in [5.41, 5.74) is 5.98. The van der Waals surface area contributed by atoms with E-state index in [0.29, 0.717) is 5.82 Å². The molecule has 0 aromatic carbocycles. The van der Waals surface area contributed by atoms with Crippen LogP contribution in [0.2, 0.25) is 0 Å². The molecule has 0 spiro atoms. The third kappa shape index (κ3) is 3.56. The molecule has 5 heteroatoms. The summed E-state index contributed by atoms with van der Waals surface area (Å²) in [5, 5.41) is 12.4. The van der Waals surface area contributed by atoms with Crippen molar-refractivity contribution in [1.29, 1.82) is 0 Å². The molecule has 1 fully saturated rings. The van der Waals surface area contributed by atoms with Crippen LogP contribution in [-0.2, 0) is 5.41 Å². The minimum Gasteiger partial charge on any atom is -0.396 e. The number of nitrogens with zero attached hydrogens (tertiary/aromatic N) is 2. The molecule has 1 aliphatic carbocycles. The van der Waals surface area contributed by atoms with E-state index in [1.54, 1.807) is 6.07 Å². The van der Waals surface area contributed by atoms with Gasteiger partial charge in [-0.3, -0.25) is 0 Å². The van der Waals surface area contributed by atoms with Gasteiger partial charge in [-0.05, 0) is 24.7 Å². The van der Waals surface area contributed by atoms with Gasteiger partial charge < -0.3 is 16.2 Å². The lowest BCUT2D eigenvalue weighted by Crippen LogP contribution is -2.21. The number of rotatable bonds is 5. The monoisotopic (exact) mass is 264 g/mol. The fourth-order valence-corrected chi connectivity index (χ4v) is 2.10. The molecular weight excluding hydrogens is 240 g/mol. The van der Waals surface area contributed by atoms with Gasteiger partial charge in [0.05, 0.1) is 0 Å². The molecule has 0 unspecified atom stereocenters. The first-order valence-corrected chi connectivity index (χ1v) is 6.84. The molecule has 0 radical (unpaired) electrons. The maximum Gasteiger partial charge on any atom is 0.138 e. The van der Waals surface area contributed by atoms with Crippen molar-refractivity contribution >= 4 is 11.6 Å². The second kappa shape index (κ2) is 4.96. The molecule has 0 amide bonds. The average Bonchev–Trinajstić information content (AvgIpc) is 3.06. The van der Waals surface area contributed by atoms with Gasteiger partial charge in [0, 0.05) is 24.6 Å². The van der Waals surface area contributed by atoms with E-state index >= 15 is 0 Å². The molecule has 19 heavy (non-hydrogen) atoms. The Balaban J connectivity index is 2.06. The van der Waals surface area contributed by atoms with Crippen molar-refractivity contribution < 1.29 is 5.11 Å². The zero-order valence-corrected chi connectivity index (χ0v) is 12.0. The highest BCUT2D eigenvalue weighted by Gasteiger charge is 2.41. The van der Waals surface area contributed by atoms with Crippen molar-refractivity contribution in [2.75, 3.05) is 24.2 Å². The van der Waals surface area contributed by atoms with Crippen LogP contribution < -0.4 is 11.1 Å². The molecule has 4 N–H and O–H groups in total. The first-order chi connectivity index (χ1) is 8.85. The number of nitrogens with two attached hydrogens (primary N) is 1. The zero-order chi connectivity index (χ0) is 14.1. The van der Waals surface area contributed by atoms with Crippen molar-refractivity contribution in [2.24, 2.45) is 5.41 Å². The fourth-order valence-electron chi connectivity index (χ4n) is 2.10. The number of hydrogen-bond acceptors (Lipinski definition) is 5. The second-order valence-corrected chi connectivity index (χ2v) is 6.58. The molecular formula is C14H24N4O. The van der Waals surface area contributed by atoms with Crippen LogP contribution in [0.5, 0.6) is 0 Å². The Morgan fingerprint density at radius 1 is 1.37 bits per heavy atom. The Morgan fingerprint density at radius 2 is 2.05 bits per heavy atom. The highest BCUT2D eigenvalue weighted by molar-refractivity contribution is 5.45. The Kier molecular flexibility index (Phi) is 3.67.